The van der Waals surface area contributed by atoms with Crippen LogP contribution in [0.3, 0.4) is 0 Å². The van der Waals surface area contributed by atoms with Crippen molar-refractivity contribution in [2.45, 2.75) is 65.5 Å². The van der Waals surface area contributed by atoms with Gasteiger partial charge in [-0.3, -0.25) is 19.6 Å². The van der Waals surface area contributed by atoms with E-state index < -0.39 is 0 Å². The summed E-state index contributed by atoms with van der Waals surface area (Å²) in [5, 5.41) is 14.8. The quantitative estimate of drug-likeness (QED) is 0.229. The van der Waals surface area contributed by atoms with Gasteiger partial charge in [0, 0.05) is 35.9 Å². The van der Waals surface area contributed by atoms with Gasteiger partial charge in [-0.15, -0.1) is 0 Å². The second-order valence-electron chi connectivity index (χ2n) is 12.8. The first kappa shape index (κ1) is 31.1. The Morgan fingerprint density at radius 3 is 1.79 bits per heavy atom. The number of nitrogens with one attached hydrogen (secondary N) is 2. The molecule has 12 heteroatoms. The number of fused-ring (bicyclic) bond motifs is 2. The van der Waals surface area contributed by atoms with Gasteiger partial charge < -0.3 is 10.6 Å². The lowest BCUT2D eigenvalue weighted by Crippen LogP contribution is -2.34. The standard InChI is InChI=1S/2C18H19N5O/c1-11-9-16(15-5-3-4-8-19-15)22-17-14(10-20-23(11)17)18(24)21-12(2)13-6-7-13;1-11-9-16(15-5-3-4-8-19-15)23-17(21-11)14(10-20-23)18(24)22-12(2)13-6-7-13/h3-5,8-10,12-13H,6-7H2,1-2H3,(H,21,24);3-5,8-10,12-13H,6-7H2,1-2H3,(H,22,24). The largest absolute Gasteiger partial charge is 0.349 e. The molecule has 0 aromatic carbocycles. The van der Waals surface area contributed by atoms with Gasteiger partial charge in [0.15, 0.2) is 11.3 Å². The zero-order chi connectivity index (χ0) is 33.4. The molecule has 6 heterocycles. The topological polar surface area (TPSA) is 144 Å². The molecule has 2 N–H and O–H groups in total. The third-order valence-electron chi connectivity index (χ3n) is 8.97. The maximum atomic E-state index is 12.6. The van der Waals surface area contributed by atoms with Gasteiger partial charge in [0.25, 0.3) is 11.8 Å². The van der Waals surface area contributed by atoms with Gasteiger partial charge in [-0.25, -0.2) is 19.0 Å². The number of carbonyl (C=O) groups excluding carboxylic acids is 2. The first-order valence-corrected chi connectivity index (χ1v) is 16.4. The van der Waals surface area contributed by atoms with E-state index >= 15 is 0 Å². The highest BCUT2D eigenvalue weighted by Crippen LogP contribution is 2.33. The lowest BCUT2D eigenvalue weighted by molar-refractivity contribution is 0.0928. The van der Waals surface area contributed by atoms with Crippen LogP contribution >= 0.6 is 0 Å². The van der Waals surface area contributed by atoms with Crippen LogP contribution < -0.4 is 10.6 Å². The Morgan fingerprint density at radius 1 is 0.708 bits per heavy atom. The second-order valence-corrected chi connectivity index (χ2v) is 12.8. The molecule has 6 aromatic rings. The molecule has 48 heavy (non-hydrogen) atoms. The predicted octanol–water partition coefficient (Wildman–Crippen LogP) is 5.26. The SMILES string of the molecule is Cc1cc(-c2ccccn2)n2ncc(C(=O)NC(C)C3CC3)c2n1.Cc1cc(-c2ccccn2)nc2c(C(=O)NC(C)C3CC3)cnn12. The highest BCUT2D eigenvalue weighted by Gasteiger charge is 2.31. The van der Waals surface area contributed by atoms with Gasteiger partial charge in [0.05, 0.1) is 35.2 Å². The molecule has 12 nitrogen and oxygen atoms in total. The second kappa shape index (κ2) is 12.9. The third-order valence-corrected chi connectivity index (χ3v) is 8.97. The average Bonchev–Trinajstić information content (AvgIpc) is 4.03. The molecule has 2 saturated carbocycles. The van der Waals surface area contributed by atoms with Gasteiger partial charge in [0.1, 0.15) is 11.1 Å². The summed E-state index contributed by atoms with van der Waals surface area (Å²) in [6.07, 6.45) is 11.4. The van der Waals surface area contributed by atoms with Crippen molar-refractivity contribution in [1.29, 1.82) is 0 Å². The minimum absolute atomic E-state index is 0.116. The Balaban J connectivity index is 0.000000152. The number of rotatable bonds is 8. The molecule has 0 aliphatic heterocycles. The minimum atomic E-state index is -0.116. The van der Waals surface area contributed by atoms with E-state index in [1.165, 1.54) is 25.7 Å². The number of aryl methyl sites for hydroxylation is 2. The Labute approximate surface area is 278 Å². The summed E-state index contributed by atoms with van der Waals surface area (Å²) in [6, 6.07) is 15.6. The number of pyridine rings is 2. The summed E-state index contributed by atoms with van der Waals surface area (Å²) in [6.45, 7) is 7.97. The number of nitrogens with zero attached hydrogens (tertiary/aromatic N) is 8. The number of aromatic nitrogens is 8. The van der Waals surface area contributed by atoms with E-state index in [2.05, 4.69) is 54.6 Å². The molecule has 2 aliphatic rings. The summed E-state index contributed by atoms with van der Waals surface area (Å²) >= 11 is 0. The number of hydrogen-bond acceptors (Lipinski definition) is 8. The fourth-order valence-corrected chi connectivity index (χ4v) is 5.86. The van der Waals surface area contributed by atoms with Crippen molar-refractivity contribution in [3.63, 3.8) is 0 Å². The summed E-state index contributed by atoms with van der Waals surface area (Å²) < 4.78 is 3.38. The van der Waals surface area contributed by atoms with Crippen LogP contribution in [-0.4, -0.2) is 63.1 Å². The van der Waals surface area contributed by atoms with Gasteiger partial charge in [-0.05, 0) is 102 Å². The maximum Gasteiger partial charge on any atom is 0.256 e. The normalized spacial score (nSPS) is 15.4. The summed E-state index contributed by atoms with van der Waals surface area (Å²) in [5.41, 5.74) is 7.02. The van der Waals surface area contributed by atoms with Crippen LogP contribution in [-0.2, 0) is 0 Å². The summed E-state index contributed by atoms with van der Waals surface area (Å²) in [5.74, 6) is 0.980. The predicted molar refractivity (Wildman–Crippen MR) is 181 cm³/mol. The van der Waals surface area contributed by atoms with Crippen molar-refractivity contribution in [3.05, 3.63) is 95.8 Å². The van der Waals surface area contributed by atoms with Crippen molar-refractivity contribution >= 4 is 23.1 Å². The fourth-order valence-electron chi connectivity index (χ4n) is 5.86. The third kappa shape index (κ3) is 6.51. The molecule has 2 fully saturated rings. The van der Waals surface area contributed by atoms with Gasteiger partial charge in [-0.1, -0.05) is 12.1 Å². The molecular weight excluding hydrogens is 604 g/mol. The van der Waals surface area contributed by atoms with Crippen LogP contribution in [0.4, 0.5) is 0 Å². The van der Waals surface area contributed by atoms with Crippen molar-refractivity contribution in [3.8, 4) is 22.8 Å². The van der Waals surface area contributed by atoms with Crippen molar-refractivity contribution in [1.82, 2.24) is 49.8 Å². The van der Waals surface area contributed by atoms with Gasteiger partial charge in [-0.2, -0.15) is 10.2 Å². The first-order chi connectivity index (χ1) is 23.3. The Morgan fingerprint density at radius 2 is 1.25 bits per heavy atom. The minimum Gasteiger partial charge on any atom is -0.349 e. The van der Waals surface area contributed by atoms with Crippen LogP contribution in [0.1, 0.15) is 71.6 Å². The molecule has 0 saturated heterocycles. The summed E-state index contributed by atoms with van der Waals surface area (Å²) in [7, 11) is 0. The molecule has 2 amide bonds. The van der Waals surface area contributed by atoms with E-state index in [9.17, 15) is 9.59 Å². The lowest BCUT2D eigenvalue weighted by Gasteiger charge is -2.12. The molecule has 2 unspecified atom stereocenters. The number of hydrogen-bond donors (Lipinski definition) is 2. The molecule has 0 spiro atoms. The molecule has 244 valence electrons. The maximum absolute atomic E-state index is 12.6. The van der Waals surface area contributed by atoms with E-state index in [0.717, 1.165) is 34.2 Å². The number of carbonyl (C=O) groups is 2. The van der Waals surface area contributed by atoms with Crippen LogP contribution in [0.25, 0.3) is 34.1 Å². The molecule has 8 rings (SSSR count). The van der Waals surface area contributed by atoms with E-state index in [-0.39, 0.29) is 23.9 Å². The Bertz CT molecular complexity index is 2070. The first-order valence-electron chi connectivity index (χ1n) is 16.4. The zero-order valence-electron chi connectivity index (χ0n) is 27.5. The fraction of sp³-hybridized carbons (Fsp3) is 0.333. The van der Waals surface area contributed by atoms with Gasteiger partial charge >= 0.3 is 0 Å². The monoisotopic (exact) mass is 642 g/mol. The van der Waals surface area contributed by atoms with Crippen molar-refractivity contribution in [2.75, 3.05) is 0 Å². The molecule has 2 aliphatic carbocycles. The molecule has 0 bridgehead atoms. The van der Waals surface area contributed by atoms with Crippen LogP contribution in [0.2, 0.25) is 0 Å². The lowest BCUT2D eigenvalue weighted by atomic mass is 10.2. The molecular formula is C36H38N10O2. The van der Waals surface area contributed by atoms with Crippen molar-refractivity contribution in [2.24, 2.45) is 11.8 Å². The van der Waals surface area contributed by atoms with Gasteiger partial charge in [0.2, 0.25) is 0 Å². The van der Waals surface area contributed by atoms with Crippen LogP contribution in [0.15, 0.2) is 73.3 Å². The molecule has 0 radical (unpaired) electrons. The Kier molecular flexibility index (Phi) is 8.38. The van der Waals surface area contributed by atoms with E-state index in [1.807, 2.05) is 62.4 Å². The van der Waals surface area contributed by atoms with E-state index in [0.29, 0.717) is 34.3 Å². The number of amides is 2. The average molecular weight is 643 g/mol. The summed E-state index contributed by atoms with van der Waals surface area (Å²) in [4.78, 5) is 43.1. The van der Waals surface area contributed by atoms with Crippen LogP contribution in [0, 0.1) is 25.7 Å². The zero-order valence-corrected chi connectivity index (χ0v) is 27.5. The Hall–Kier alpha value is -5.52. The van der Waals surface area contributed by atoms with E-state index in [4.69, 9.17) is 0 Å². The molecule has 2 atom stereocenters. The van der Waals surface area contributed by atoms with E-state index in [1.54, 1.807) is 33.8 Å². The highest BCUT2D eigenvalue weighted by molar-refractivity contribution is 6.00. The smallest absolute Gasteiger partial charge is 0.256 e. The van der Waals surface area contributed by atoms with Crippen molar-refractivity contribution < 1.29 is 9.59 Å². The highest BCUT2D eigenvalue weighted by atomic mass is 16.2. The van der Waals surface area contributed by atoms with Crippen LogP contribution in [0.5, 0.6) is 0 Å². The molecule has 6 aromatic heterocycles.